The number of hydrogen-bond acceptors (Lipinski definition) is 7. The van der Waals surface area contributed by atoms with Crippen LogP contribution in [0.4, 0.5) is 0 Å². The topological polar surface area (TPSA) is 108 Å². The number of nitrogens with zero attached hydrogens (tertiary/aromatic N) is 4. The van der Waals surface area contributed by atoms with Crippen LogP contribution < -0.4 is 10.5 Å². The molecule has 0 saturated heterocycles. The summed E-state index contributed by atoms with van der Waals surface area (Å²) in [5.74, 6) is 1.31. The van der Waals surface area contributed by atoms with Crippen molar-refractivity contribution in [2.75, 3.05) is 20.8 Å². The number of methoxy groups -OCH3 is 2. The van der Waals surface area contributed by atoms with Crippen molar-refractivity contribution in [1.29, 1.82) is 0 Å². The quantitative estimate of drug-likeness (QED) is 0.389. The van der Waals surface area contributed by atoms with Crippen molar-refractivity contribution in [2.45, 2.75) is 25.5 Å². The van der Waals surface area contributed by atoms with E-state index in [0.29, 0.717) is 23.9 Å². The molecule has 0 aliphatic carbocycles. The third-order valence-corrected chi connectivity index (χ3v) is 5.35. The van der Waals surface area contributed by atoms with Gasteiger partial charge in [0.15, 0.2) is 5.82 Å². The molecule has 0 bridgehead atoms. The maximum atomic E-state index is 9.45. The summed E-state index contributed by atoms with van der Waals surface area (Å²) in [6, 6.07) is 15.1. The van der Waals surface area contributed by atoms with Crippen molar-refractivity contribution in [1.82, 2.24) is 19.7 Å². The Morgan fingerprint density at radius 1 is 1.09 bits per heavy atom. The van der Waals surface area contributed by atoms with Gasteiger partial charge in [-0.2, -0.15) is 5.10 Å². The van der Waals surface area contributed by atoms with E-state index in [0.717, 1.165) is 40.7 Å². The summed E-state index contributed by atoms with van der Waals surface area (Å²) >= 11 is 0. The Morgan fingerprint density at radius 3 is 2.72 bits per heavy atom. The van der Waals surface area contributed by atoms with Crippen molar-refractivity contribution in [3.8, 4) is 22.8 Å². The van der Waals surface area contributed by atoms with Gasteiger partial charge in [0, 0.05) is 25.3 Å². The van der Waals surface area contributed by atoms with Crippen molar-refractivity contribution < 1.29 is 14.6 Å². The SMILES string of the molecule is COCCCC(N)c1cccc(-c2cc(OC)c3cnn(-c4cccc(CO)n4)c3c2)n1. The molecule has 0 amide bonds. The number of aliphatic hydroxyl groups is 1. The third-order valence-electron chi connectivity index (χ3n) is 5.35. The van der Waals surface area contributed by atoms with E-state index >= 15 is 0 Å². The van der Waals surface area contributed by atoms with Gasteiger partial charge in [-0.3, -0.25) is 4.98 Å². The molecule has 8 nitrogen and oxygen atoms in total. The maximum Gasteiger partial charge on any atom is 0.154 e. The molecule has 0 aliphatic rings. The molecule has 4 aromatic rings. The zero-order chi connectivity index (χ0) is 22.5. The van der Waals surface area contributed by atoms with Crippen LogP contribution in [-0.4, -0.2) is 45.7 Å². The zero-order valence-electron chi connectivity index (χ0n) is 18.2. The van der Waals surface area contributed by atoms with E-state index in [9.17, 15) is 5.11 Å². The lowest BCUT2D eigenvalue weighted by Gasteiger charge is -2.13. The molecule has 3 N–H and O–H groups in total. The summed E-state index contributed by atoms with van der Waals surface area (Å²) < 4.78 is 12.5. The molecule has 3 heterocycles. The molecule has 1 atom stereocenters. The van der Waals surface area contributed by atoms with Crippen LogP contribution in [0.2, 0.25) is 0 Å². The minimum absolute atomic E-state index is 0.136. The van der Waals surface area contributed by atoms with Crippen molar-refractivity contribution >= 4 is 10.9 Å². The first kappa shape index (κ1) is 21.9. The van der Waals surface area contributed by atoms with Crippen LogP contribution in [0.5, 0.6) is 5.75 Å². The lowest BCUT2D eigenvalue weighted by molar-refractivity contribution is 0.190. The van der Waals surface area contributed by atoms with Gasteiger partial charge in [0.05, 0.1) is 47.9 Å². The van der Waals surface area contributed by atoms with Crippen molar-refractivity contribution in [2.24, 2.45) is 5.73 Å². The Hall–Kier alpha value is -3.33. The number of fused-ring (bicyclic) bond motifs is 1. The number of rotatable bonds is 9. The van der Waals surface area contributed by atoms with E-state index in [-0.39, 0.29) is 12.6 Å². The van der Waals surface area contributed by atoms with Crippen LogP contribution in [0.15, 0.2) is 54.7 Å². The summed E-state index contributed by atoms with van der Waals surface area (Å²) in [4.78, 5) is 9.30. The fourth-order valence-corrected chi connectivity index (χ4v) is 3.68. The Morgan fingerprint density at radius 2 is 1.94 bits per heavy atom. The van der Waals surface area contributed by atoms with E-state index in [1.807, 2.05) is 42.5 Å². The van der Waals surface area contributed by atoms with E-state index < -0.39 is 0 Å². The number of aromatic nitrogens is 4. The summed E-state index contributed by atoms with van der Waals surface area (Å²) in [6.07, 6.45) is 3.43. The highest BCUT2D eigenvalue weighted by Crippen LogP contribution is 2.33. The Bertz CT molecular complexity index is 1210. The average Bonchev–Trinajstić information content (AvgIpc) is 3.28. The highest BCUT2D eigenvalue weighted by atomic mass is 16.5. The number of nitrogens with two attached hydrogens (primary N) is 1. The molecule has 4 rings (SSSR count). The normalized spacial score (nSPS) is 12.2. The van der Waals surface area contributed by atoms with Gasteiger partial charge in [-0.25, -0.2) is 9.67 Å². The molecule has 0 saturated carbocycles. The summed E-state index contributed by atoms with van der Waals surface area (Å²) in [5, 5.41) is 14.8. The second-order valence-electron chi connectivity index (χ2n) is 7.50. The summed E-state index contributed by atoms with van der Waals surface area (Å²) in [5.41, 5.74) is 10.3. The van der Waals surface area contributed by atoms with Gasteiger partial charge >= 0.3 is 0 Å². The van der Waals surface area contributed by atoms with E-state index in [1.54, 1.807) is 31.2 Å². The predicted molar refractivity (Wildman–Crippen MR) is 123 cm³/mol. The van der Waals surface area contributed by atoms with Crippen LogP contribution >= 0.6 is 0 Å². The van der Waals surface area contributed by atoms with Crippen molar-refractivity contribution in [3.63, 3.8) is 0 Å². The average molecular weight is 434 g/mol. The highest BCUT2D eigenvalue weighted by Gasteiger charge is 2.15. The van der Waals surface area contributed by atoms with Crippen LogP contribution in [0.3, 0.4) is 0 Å². The highest BCUT2D eigenvalue weighted by molar-refractivity contribution is 5.90. The molecule has 1 unspecified atom stereocenters. The minimum Gasteiger partial charge on any atom is -0.496 e. The summed E-state index contributed by atoms with van der Waals surface area (Å²) in [6.45, 7) is 0.541. The fraction of sp³-hybridized carbons (Fsp3) is 0.292. The second kappa shape index (κ2) is 9.86. The Kier molecular flexibility index (Phi) is 6.75. The molecular weight excluding hydrogens is 406 g/mol. The molecule has 0 aliphatic heterocycles. The first-order valence-corrected chi connectivity index (χ1v) is 10.5. The fourth-order valence-electron chi connectivity index (χ4n) is 3.68. The van der Waals surface area contributed by atoms with Gasteiger partial charge in [-0.15, -0.1) is 0 Å². The van der Waals surface area contributed by atoms with E-state index in [2.05, 4.69) is 10.1 Å². The third kappa shape index (κ3) is 4.47. The largest absolute Gasteiger partial charge is 0.496 e. The van der Waals surface area contributed by atoms with Gasteiger partial charge in [-0.1, -0.05) is 12.1 Å². The molecule has 32 heavy (non-hydrogen) atoms. The molecule has 3 aromatic heterocycles. The van der Waals surface area contributed by atoms with Crippen molar-refractivity contribution in [3.05, 3.63) is 66.1 Å². The summed E-state index contributed by atoms with van der Waals surface area (Å²) in [7, 11) is 3.32. The molecule has 1 aromatic carbocycles. The zero-order valence-corrected chi connectivity index (χ0v) is 18.2. The van der Waals surface area contributed by atoms with Gasteiger partial charge < -0.3 is 20.3 Å². The first-order chi connectivity index (χ1) is 15.6. The number of hydrogen-bond donors (Lipinski definition) is 2. The number of ether oxygens (including phenoxy) is 2. The first-order valence-electron chi connectivity index (χ1n) is 10.5. The lowest BCUT2D eigenvalue weighted by Crippen LogP contribution is -2.13. The number of aliphatic hydroxyl groups excluding tert-OH is 1. The molecule has 0 fully saturated rings. The monoisotopic (exact) mass is 433 g/mol. The van der Waals surface area contributed by atoms with Gasteiger partial charge in [0.1, 0.15) is 5.75 Å². The molecule has 0 radical (unpaired) electrons. The number of pyridine rings is 2. The van der Waals surface area contributed by atoms with Crippen LogP contribution in [0.25, 0.3) is 28.0 Å². The van der Waals surface area contributed by atoms with Crippen LogP contribution in [0, 0.1) is 0 Å². The molecule has 8 heteroatoms. The van der Waals surface area contributed by atoms with E-state index in [1.165, 1.54) is 0 Å². The van der Waals surface area contributed by atoms with Crippen LogP contribution in [-0.2, 0) is 11.3 Å². The van der Waals surface area contributed by atoms with Gasteiger partial charge in [0.2, 0.25) is 0 Å². The predicted octanol–water partition coefficient (Wildman–Crippen LogP) is 3.41. The Balaban J connectivity index is 1.76. The minimum atomic E-state index is -0.160. The smallest absolute Gasteiger partial charge is 0.154 e. The molecule has 166 valence electrons. The number of benzene rings is 1. The lowest BCUT2D eigenvalue weighted by atomic mass is 10.0. The van der Waals surface area contributed by atoms with Gasteiger partial charge in [0.25, 0.3) is 0 Å². The van der Waals surface area contributed by atoms with Crippen LogP contribution in [0.1, 0.15) is 30.3 Å². The molecule has 0 spiro atoms. The Labute approximate surface area is 186 Å². The van der Waals surface area contributed by atoms with E-state index in [4.69, 9.17) is 20.2 Å². The molecular formula is C24H27N5O3. The second-order valence-corrected chi connectivity index (χ2v) is 7.50. The standard InChI is InChI=1S/C24H27N5O3/c1-31-11-5-7-19(25)21-9-4-8-20(28-21)16-12-22-18(23(13-16)32-2)14-26-29(22)24-10-3-6-17(15-30)27-24/h3-4,6,8-10,12-14,19,30H,5,7,11,15,25H2,1-2H3. The maximum absolute atomic E-state index is 9.45. The van der Waals surface area contributed by atoms with Gasteiger partial charge in [-0.05, 0) is 49.2 Å².